The summed E-state index contributed by atoms with van der Waals surface area (Å²) in [6.45, 7) is 10.7. The average Bonchev–Trinajstić information content (AvgIpc) is 2.23. The van der Waals surface area contributed by atoms with E-state index < -0.39 is 0 Å². The molecule has 0 heterocycles. The minimum Gasteiger partial charge on any atom is -0.460 e. The van der Waals surface area contributed by atoms with Crippen LogP contribution in [0.5, 0.6) is 0 Å². The van der Waals surface area contributed by atoms with Gasteiger partial charge in [0.05, 0.1) is 25.4 Å². The standard InChI is InChI=1S/C13H26O4/c1-6-7-13(14)17-12(5)9-16-11(4)8-15-10(2)3/h10-12H,6-9H2,1-5H3. The smallest absolute Gasteiger partial charge is 0.306 e. The Labute approximate surface area is 105 Å². The van der Waals surface area contributed by atoms with E-state index in [-0.39, 0.29) is 24.3 Å². The van der Waals surface area contributed by atoms with Gasteiger partial charge < -0.3 is 14.2 Å². The van der Waals surface area contributed by atoms with Crippen LogP contribution >= 0.6 is 0 Å². The Morgan fingerprint density at radius 1 is 1.00 bits per heavy atom. The van der Waals surface area contributed by atoms with Gasteiger partial charge in [-0.15, -0.1) is 0 Å². The lowest BCUT2D eigenvalue weighted by molar-refractivity contribution is -0.152. The molecule has 2 atom stereocenters. The Balaban J connectivity index is 3.61. The van der Waals surface area contributed by atoms with Crippen LogP contribution in [0.3, 0.4) is 0 Å². The van der Waals surface area contributed by atoms with Crippen LogP contribution in [-0.4, -0.2) is 37.5 Å². The van der Waals surface area contributed by atoms with Crippen LogP contribution in [0, 0.1) is 0 Å². The lowest BCUT2D eigenvalue weighted by Gasteiger charge is -2.18. The van der Waals surface area contributed by atoms with Crippen LogP contribution in [0.2, 0.25) is 0 Å². The van der Waals surface area contributed by atoms with Crippen molar-refractivity contribution in [2.75, 3.05) is 13.2 Å². The fourth-order valence-corrected chi connectivity index (χ4v) is 1.20. The summed E-state index contributed by atoms with van der Waals surface area (Å²) in [5.41, 5.74) is 0. The predicted molar refractivity (Wildman–Crippen MR) is 67.0 cm³/mol. The molecule has 0 rings (SSSR count). The highest BCUT2D eigenvalue weighted by molar-refractivity contribution is 5.69. The first-order valence-electron chi connectivity index (χ1n) is 6.38. The molecule has 0 radical (unpaired) electrons. The Morgan fingerprint density at radius 2 is 1.59 bits per heavy atom. The van der Waals surface area contributed by atoms with Gasteiger partial charge in [-0.05, 0) is 34.1 Å². The number of ether oxygens (including phenoxy) is 3. The first kappa shape index (κ1) is 16.4. The predicted octanol–water partition coefficient (Wildman–Crippen LogP) is 2.55. The molecule has 0 aliphatic heterocycles. The number of hydrogen-bond acceptors (Lipinski definition) is 4. The van der Waals surface area contributed by atoms with Crippen LogP contribution in [0.4, 0.5) is 0 Å². The van der Waals surface area contributed by atoms with E-state index in [0.29, 0.717) is 19.6 Å². The van der Waals surface area contributed by atoms with Crippen molar-refractivity contribution in [3.05, 3.63) is 0 Å². The fraction of sp³-hybridized carbons (Fsp3) is 0.923. The molecule has 0 aromatic carbocycles. The zero-order chi connectivity index (χ0) is 13.3. The van der Waals surface area contributed by atoms with Crippen LogP contribution in [0.15, 0.2) is 0 Å². The highest BCUT2D eigenvalue weighted by atomic mass is 16.6. The number of carbonyl (C=O) groups is 1. The van der Waals surface area contributed by atoms with Gasteiger partial charge >= 0.3 is 5.97 Å². The third-order valence-electron chi connectivity index (χ3n) is 2.07. The van der Waals surface area contributed by atoms with Gasteiger partial charge in [0.25, 0.3) is 0 Å². The second-order valence-electron chi connectivity index (χ2n) is 4.58. The number of rotatable bonds is 9. The lowest BCUT2D eigenvalue weighted by atomic mass is 10.3. The van der Waals surface area contributed by atoms with Crippen molar-refractivity contribution in [1.29, 1.82) is 0 Å². The number of hydrogen-bond donors (Lipinski definition) is 0. The Bertz CT molecular complexity index is 204. The Morgan fingerprint density at radius 3 is 2.12 bits per heavy atom. The van der Waals surface area contributed by atoms with Crippen LogP contribution in [0.25, 0.3) is 0 Å². The summed E-state index contributed by atoms with van der Waals surface area (Å²) in [6.07, 6.45) is 1.31. The van der Waals surface area contributed by atoms with Crippen molar-refractivity contribution in [2.24, 2.45) is 0 Å². The van der Waals surface area contributed by atoms with E-state index >= 15 is 0 Å². The summed E-state index contributed by atoms with van der Waals surface area (Å²) in [7, 11) is 0. The SMILES string of the molecule is CCCC(=O)OC(C)COC(C)COC(C)C. The highest BCUT2D eigenvalue weighted by Crippen LogP contribution is 2.01. The second-order valence-corrected chi connectivity index (χ2v) is 4.58. The molecule has 0 aromatic rings. The number of carbonyl (C=O) groups excluding carboxylic acids is 1. The summed E-state index contributed by atoms with van der Waals surface area (Å²) >= 11 is 0. The van der Waals surface area contributed by atoms with Gasteiger partial charge in [-0.25, -0.2) is 0 Å². The third-order valence-corrected chi connectivity index (χ3v) is 2.07. The summed E-state index contributed by atoms with van der Waals surface area (Å²) in [5, 5.41) is 0. The minimum absolute atomic E-state index is 0.0183. The minimum atomic E-state index is -0.199. The molecule has 4 nitrogen and oxygen atoms in total. The van der Waals surface area contributed by atoms with Gasteiger partial charge in [0, 0.05) is 6.42 Å². The first-order chi connectivity index (χ1) is 7.95. The molecule has 102 valence electrons. The normalized spacial score (nSPS) is 14.7. The first-order valence-corrected chi connectivity index (χ1v) is 6.38. The molecular formula is C13H26O4. The van der Waals surface area contributed by atoms with Gasteiger partial charge in [0.2, 0.25) is 0 Å². The van der Waals surface area contributed by atoms with Crippen LogP contribution in [0.1, 0.15) is 47.5 Å². The largest absolute Gasteiger partial charge is 0.460 e. The summed E-state index contributed by atoms with van der Waals surface area (Å²) < 4.78 is 16.1. The fourth-order valence-electron chi connectivity index (χ4n) is 1.20. The van der Waals surface area contributed by atoms with Crippen molar-refractivity contribution in [3.8, 4) is 0 Å². The molecule has 17 heavy (non-hydrogen) atoms. The monoisotopic (exact) mass is 246 g/mol. The van der Waals surface area contributed by atoms with E-state index in [1.165, 1.54) is 0 Å². The molecule has 0 spiro atoms. The van der Waals surface area contributed by atoms with E-state index in [2.05, 4.69) is 0 Å². The van der Waals surface area contributed by atoms with E-state index in [0.717, 1.165) is 6.42 Å². The maximum Gasteiger partial charge on any atom is 0.306 e. The van der Waals surface area contributed by atoms with Gasteiger partial charge in [0.1, 0.15) is 6.10 Å². The van der Waals surface area contributed by atoms with Crippen LogP contribution < -0.4 is 0 Å². The Kier molecular flexibility index (Phi) is 9.09. The molecule has 0 aliphatic carbocycles. The third kappa shape index (κ3) is 10.3. The Hall–Kier alpha value is -0.610. The van der Waals surface area contributed by atoms with Crippen molar-refractivity contribution in [2.45, 2.75) is 65.8 Å². The quantitative estimate of drug-likeness (QED) is 0.586. The summed E-state index contributed by atoms with van der Waals surface area (Å²) in [6, 6.07) is 0. The van der Waals surface area contributed by atoms with Gasteiger partial charge in [-0.2, -0.15) is 0 Å². The molecule has 0 N–H and O–H groups in total. The molecule has 0 aliphatic rings. The summed E-state index contributed by atoms with van der Waals surface area (Å²) in [4.78, 5) is 11.2. The van der Waals surface area contributed by atoms with E-state index in [1.807, 2.05) is 34.6 Å². The van der Waals surface area contributed by atoms with Crippen molar-refractivity contribution >= 4 is 5.97 Å². The molecule has 0 saturated carbocycles. The van der Waals surface area contributed by atoms with Gasteiger partial charge in [-0.1, -0.05) is 6.92 Å². The van der Waals surface area contributed by atoms with E-state index in [1.54, 1.807) is 0 Å². The van der Waals surface area contributed by atoms with Crippen molar-refractivity contribution in [3.63, 3.8) is 0 Å². The van der Waals surface area contributed by atoms with E-state index in [9.17, 15) is 4.79 Å². The topological polar surface area (TPSA) is 44.8 Å². The molecule has 0 fully saturated rings. The molecule has 0 aromatic heterocycles. The molecule has 0 saturated heterocycles. The highest BCUT2D eigenvalue weighted by Gasteiger charge is 2.11. The maximum absolute atomic E-state index is 11.2. The molecule has 2 unspecified atom stereocenters. The van der Waals surface area contributed by atoms with Gasteiger partial charge in [0.15, 0.2) is 0 Å². The lowest BCUT2D eigenvalue weighted by Crippen LogP contribution is -2.26. The van der Waals surface area contributed by atoms with Crippen molar-refractivity contribution in [1.82, 2.24) is 0 Å². The molecular weight excluding hydrogens is 220 g/mol. The zero-order valence-electron chi connectivity index (χ0n) is 11.7. The average molecular weight is 246 g/mol. The van der Waals surface area contributed by atoms with E-state index in [4.69, 9.17) is 14.2 Å². The van der Waals surface area contributed by atoms with Crippen molar-refractivity contribution < 1.29 is 19.0 Å². The zero-order valence-corrected chi connectivity index (χ0v) is 11.7. The number of esters is 1. The van der Waals surface area contributed by atoms with Crippen LogP contribution in [-0.2, 0) is 19.0 Å². The molecule has 4 heteroatoms. The summed E-state index contributed by atoms with van der Waals surface area (Å²) in [5.74, 6) is -0.158. The van der Waals surface area contributed by atoms with Gasteiger partial charge in [-0.3, -0.25) is 4.79 Å². The molecule has 0 bridgehead atoms. The molecule has 0 amide bonds. The second kappa shape index (κ2) is 9.42. The maximum atomic E-state index is 11.2.